The van der Waals surface area contributed by atoms with Crippen LogP contribution in [0.25, 0.3) is 0 Å². The molecule has 2 amide bonds. The molecule has 0 saturated carbocycles. The van der Waals surface area contributed by atoms with E-state index >= 15 is 0 Å². The number of amides is 2. The molecule has 0 aromatic carbocycles. The molecule has 0 aromatic heterocycles. The number of unbranched alkanes of at least 4 members (excludes halogenated alkanes) is 4. The quantitative estimate of drug-likeness (QED) is 0.0450. The average Bonchev–Trinajstić information content (AvgIpc) is 3.20. The third-order valence-electron chi connectivity index (χ3n) is 6.32. The van der Waals surface area contributed by atoms with Crippen LogP contribution >= 0.6 is 0 Å². The van der Waals surface area contributed by atoms with Crippen molar-refractivity contribution in [3.05, 3.63) is 0 Å². The summed E-state index contributed by atoms with van der Waals surface area (Å²) in [6, 6.07) is 0. The van der Waals surface area contributed by atoms with Gasteiger partial charge in [0.15, 0.2) is 0 Å². The van der Waals surface area contributed by atoms with Gasteiger partial charge in [0.25, 0.3) is 0 Å². The number of aliphatic hydroxyl groups excluding tert-OH is 1. The molecule has 1 unspecified atom stereocenters. The van der Waals surface area contributed by atoms with Crippen LogP contribution in [0.15, 0.2) is 0 Å². The lowest BCUT2D eigenvalue weighted by Gasteiger charge is -2.06. The van der Waals surface area contributed by atoms with Crippen molar-refractivity contribution in [1.82, 2.24) is 10.6 Å². The summed E-state index contributed by atoms with van der Waals surface area (Å²) >= 11 is 0. The van der Waals surface area contributed by atoms with Gasteiger partial charge >= 0.3 is 12.2 Å². The van der Waals surface area contributed by atoms with Crippen LogP contribution < -0.4 is 10.6 Å². The van der Waals surface area contributed by atoms with Gasteiger partial charge in [-0.25, -0.2) is 9.59 Å². The monoisotopic (exact) mass is 819 g/mol. The second kappa shape index (κ2) is 71.0. The Labute approximate surface area is 345 Å². The maximum atomic E-state index is 10.6. The molecule has 0 heterocycles. The van der Waals surface area contributed by atoms with Crippen LogP contribution in [0, 0.1) is 0 Å². The maximum absolute atomic E-state index is 10.6. The zero-order chi connectivity index (χ0) is 43.6. The molecule has 0 aliphatic rings. The Morgan fingerprint density at radius 1 is 0.429 bits per heavy atom. The van der Waals surface area contributed by atoms with Crippen LogP contribution in [0.4, 0.5) is 9.59 Å². The second-order valence-electron chi connectivity index (χ2n) is 11.6. The molecule has 0 fully saturated rings. The molecular weight excluding hydrogens is 724 g/mol. The highest BCUT2D eigenvalue weighted by molar-refractivity contribution is 5.67. The van der Waals surface area contributed by atoms with Gasteiger partial charge in [-0.3, -0.25) is 0 Å². The number of aliphatic hydroxyl groups is 1. The first-order valence-electron chi connectivity index (χ1n) is 21.7. The van der Waals surface area contributed by atoms with Crippen LogP contribution in [0.3, 0.4) is 0 Å². The minimum atomic E-state index is -0.382. The van der Waals surface area contributed by atoms with E-state index in [1.54, 1.807) is 0 Å². The minimum absolute atomic E-state index is 0.100. The minimum Gasteiger partial charge on any atom is -0.450 e. The van der Waals surface area contributed by atoms with Crippen LogP contribution in [-0.4, -0.2) is 129 Å². The summed E-state index contributed by atoms with van der Waals surface area (Å²) in [5.41, 5.74) is 0. The zero-order valence-electron chi connectivity index (χ0n) is 38.6. The summed E-state index contributed by atoms with van der Waals surface area (Å²) in [5, 5.41) is 14.2. The van der Waals surface area contributed by atoms with E-state index in [1.807, 2.05) is 62.3 Å². The number of nitrogens with one attached hydrogen (secondary N) is 2. The molecule has 0 aliphatic heterocycles. The van der Waals surface area contributed by atoms with E-state index in [0.717, 1.165) is 104 Å². The molecule has 56 heavy (non-hydrogen) atoms. The number of alkyl carbamates (subject to hydrolysis) is 2. The Morgan fingerprint density at radius 3 is 1.25 bits per heavy atom. The number of carbonyl (C=O) groups excluding carboxylic acids is 2. The van der Waals surface area contributed by atoms with Crippen molar-refractivity contribution in [3.63, 3.8) is 0 Å². The fourth-order valence-corrected chi connectivity index (χ4v) is 3.25. The third-order valence-corrected chi connectivity index (χ3v) is 6.32. The van der Waals surface area contributed by atoms with Crippen molar-refractivity contribution < 1.29 is 57.3 Å². The van der Waals surface area contributed by atoms with E-state index in [1.165, 1.54) is 19.3 Å². The molecular formula is C42H94N2O12. The highest BCUT2D eigenvalue weighted by Crippen LogP contribution is 2.03. The Balaban J connectivity index is -0.000000135. The van der Waals surface area contributed by atoms with Gasteiger partial charge in [0.2, 0.25) is 0 Å². The molecule has 3 N–H and O–H groups in total. The molecule has 0 aromatic rings. The lowest BCUT2D eigenvalue weighted by atomic mass is 10.1. The summed E-state index contributed by atoms with van der Waals surface area (Å²) < 4.78 is 44.7. The first kappa shape index (κ1) is 66.0. The topological polar surface area (TPSA) is 162 Å². The predicted octanol–water partition coefficient (Wildman–Crippen LogP) is 9.29. The molecule has 0 bridgehead atoms. The largest absolute Gasteiger partial charge is 0.450 e. The highest BCUT2D eigenvalue weighted by atomic mass is 16.7. The van der Waals surface area contributed by atoms with E-state index in [0.29, 0.717) is 53.1 Å². The predicted molar refractivity (Wildman–Crippen MR) is 230 cm³/mol. The number of hydrogen-bond donors (Lipinski definition) is 3. The van der Waals surface area contributed by atoms with Crippen molar-refractivity contribution in [1.29, 1.82) is 0 Å². The lowest BCUT2D eigenvalue weighted by Crippen LogP contribution is -2.25. The summed E-state index contributed by atoms with van der Waals surface area (Å²) in [6.45, 7) is 34.6. The van der Waals surface area contributed by atoms with Crippen molar-refractivity contribution in [2.45, 2.75) is 160 Å². The van der Waals surface area contributed by atoms with Crippen LogP contribution in [0.2, 0.25) is 0 Å². The first-order valence-corrected chi connectivity index (χ1v) is 21.7. The standard InChI is InChI=1S/C9H20O2.C8H18O2.C7H15NO3.C7H16O2.C6H13NO2.C5H12O/c1-3-9(10)7-5-6-8-11-4-2;1-3-5-6-7-10-8-9-4-2;1-3-8-7(9)11-6-5-10-4-2;1-3-5-6-9-7-8-4-2;1-3-5-9-6(8)7-4-2;1-3-5-6-4-2/h9-10H,3-8H2,1-2H3;3-8H2,1-2H3;3-6H2,1-2H3,(H,8,9);3-7H2,1-2H3;3-5H2,1-2H3,(H,7,8);3-5H2,1-2H3. The number of carbonyl (C=O) groups is 2. The molecule has 0 saturated heterocycles. The second-order valence-corrected chi connectivity index (χ2v) is 11.6. The van der Waals surface area contributed by atoms with E-state index < -0.39 is 0 Å². The van der Waals surface area contributed by atoms with Crippen molar-refractivity contribution in [3.8, 4) is 0 Å². The average molecular weight is 819 g/mol. The Kier molecular flexibility index (Phi) is 83.7. The Bertz CT molecular complexity index is 635. The molecule has 0 radical (unpaired) electrons. The van der Waals surface area contributed by atoms with Crippen molar-refractivity contribution in [2.24, 2.45) is 0 Å². The van der Waals surface area contributed by atoms with Crippen molar-refractivity contribution >= 4 is 12.2 Å². The van der Waals surface area contributed by atoms with E-state index in [9.17, 15) is 14.7 Å². The number of ether oxygens (including phenoxy) is 9. The first-order chi connectivity index (χ1) is 27.2. The van der Waals surface area contributed by atoms with E-state index in [2.05, 4.69) is 36.1 Å². The normalized spacial score (nSPS) is 10.2. The summed E-state index contributed by atoms with van der Waals surface area (Å²) in [6.07, 6.45) is 11.1. The molecule has 1 atom stereocenters. The third kappa shape index (κ3) is 89.1. The molecule has 0 rings (SSSR count). The van der Waals surface area contributed by atoms with E-state index in [-0.39, 0.29) is 18.3 Å². The van der Waals surface area contributed by atoms with Gasteiger partial charge in [-0.1, -0.05) is 53.9 Å². The summed E-state index contributed by atoms with van der Waals surface area (Å²) in [5.74, 6) is 0. The maximum Gasteiger partial charge on any atom is 0.407 e. The van der Waals surface area contributed by atoms with E-state index in [4.69, 9.17) is 37.9 Å². The molecule has 14 nitrogen and oxygen atoms in total. The fourth-order valence-electron chi connectivity index (χ4n) is 3.25. The van der Waals surface area contributed by atoms with Crippen molar-refractivity contribution in [2.75, 3.05) is 106 Å². The van der Waals surface area contributed by atoms with Crippen LogP contribution in [0.5, 0.6) is 0 Å². The molecule has 0 spiro atoms. The van der Waals surface area contributed by atoms with Gasteiger partial charge in [-0.15, -0.1) is 0 Å². The van der Waals surface area contributed by atoms with Gasteiger partial charge < -0.3 is 58.4 Å². The summed E-state index contributed by atoms with van der Waals surface area (Å²) in [7, 11) is 0. The molecule has 344 valence electrons. The van der Waals surface area contributed by atoms with Gasteiger partial charge in [-0.05, 0) is 99.8 Å². The van der Waals surface area contributed by atoms with Gasteiger partial charge in [0.1, 0.15) is 20.2 Å². The van der Waals surface area contributed by atoms with Gasteiger partial charge in [0, 0.05) is 72.6 Å². The SMILES string of the molecule is CCCCCOCOCC.CCCCOCOCC.CCCOC(=O)NCC.CCCOCC.CCNC(=O)OCCOCC.CCOCCCCC(O)CC. The summed E-state index contributed by atoms with van der Waals surface area (Å²) in [4.78, 5) is 21.1. The zero-order valence-corrected chi connectivity index (χ0v) is 38.6. The van der Waals surface area contributed by atoms with Gasteiger partial charge in [0.05, 0.1) is 19.3 Å². The van der Waals surface area contributed by atoms with Crippen LogP contribution in [-0.2, 0) is 42.6 Å². The number of rotatable bonds is 31. The molecule has 0 aliphatic carbocycles. The fraction of sp³-hybridized carbons (Fsp3) is 0.952. The highest BCUT2D eigenvalue weighted by Gasteiger charge is 1.99. The van der Waals surface area contributed by atoms with Gasteiger partial charge in [-0.2, -0.15) is 0 Å². The number of hydrogen-bond acceptors (Lipinski definition) is 12. The Hall–Kier alpha value is -1.78. The molecule has 14 heteroatoms. The van der Waals surface area contributed by atoms with Crippen LogP contribution in [0.1, 0.15) is 154 Å². The smallest absolute Gasteiger partial charge is 0.407 e. The Morgan fingerprint density at radius 2 is 0.839 bits per heavy atom. The lowest BCUT2D eigenvalue weighted by molar-refractivity contribution is -0.0502.